The molecule has 0 saturated heterocycles. The maximum absolute atomic E-state index is 12.9. The van der Waals surface area contributed by atoms with E-state index in [9.17, 15) is 13.2 Å². The lowest BCUT2D eigenvalue weighted by Crippen LogP contribution is -2.36. The Labute approximate surface area is 182 Å². The minimum atomic E-state index is -3.75. The van der Waals surface area contributed by atoms with Crippen LogP contribution in [0.25, 0.3) is 11.1 Å². The standard InChI is InChI=1S/C24H23N3O3S/c28-24(20-3-4-20)27-15-1-2-19-5-8-21(16-23(19)27)26-31(29,30)22-9-6-17(7-10-22)18-11-13-25-14-12-18/h5-14,16,20,26H,1-4,15H2. The third-order valence-electron chi connectivity index (χ3n) is 5.83. The van der Waals surface area contributed by atoms with Crippen molar-refractivity contribution in [1.82, 2.24) is 4.98 Å². The summed E-state index contributed by atoms with van der Waals surface area (Å²) in [6.45, 7) is 0.689. The molecule has 2 aromatic carbocycles. The average molecular weight is 434 g/mol. The summed E-state index contributed by atoms with van der Waals surface area (Å²) in [5.41, 5.74) is 4.28. The number of benzene rings is 2. The maximum atomic E-state index is 12.9. The minimum absolute atomic E-state index is 0.130. The third-order valence-corrected chi connectivity index (χ3v) is 7.22. The van der Waals surface area contributed by atoms with Crippen LogP contribution in [-0.2, 0) is 21.2 Å². The maximum Gasteiger partial charge on any atom is 0.261 e. The Bertz CT molecular complexity index is 1220. The van der Waals surface area contributed by atoms with Crippen molar-refractivity contribution in [2.75, 3.05) is 16.2 Å². The van der Waals surface area contributed by atoms with Gasteiger partial charge in [0.05, 0.1) is 10.6 Å². The first-order valence-electron chi connectivity index (χ1n) is 10.5. The molecule has 1 saturated carbocycles. The van der Waals surface area contributed by atoms with Crippen LogP contribution in [0.15, 0.2) is 71.9 Å². The normalized spacial score (nSPS) is 15.9. The van der Waals surface area contributed by atoms with Crippen LogP contribution >= 0.6 is 0 Å². The zero-order valence-electron chi connectivity index (χ0n) is 17.0. The molecule has 1 aliphatic carbocycles. The van der Waals surface area contributed by atoms with Crippen molar-refractivity contribution in [1.29, 1.82) is 0 Å². The molecule has 31 heavy (non-hydrogen) atoms. The number of sulfonamides is 1. The zero-order chi connectivity index (χ0) is 21.4. The van der Waals surface area contributed by atoms with Crippen molar-refractivity contribution in [3.8, 4) is 11.1 Å². The van der Waals surface area contributed by atoms with Gasteiger partial charge in [-0.2, -0.15) is 0 Å². The topological polar surface area (TPSA) is 79.4 Å². The number of carbonyl (C=O) groups excluding carboxylic acids is 1. The van der Waals surface area contributed by atoms with E-state index in [0.717, 1.165) is 48.1 Å². The average Bonchev–Trinajstić information content (AvgIpc) is 3.64. The summed E-state index contributed by atoms with van der Waals surface area (Å²) in [6.07, 6.45) is 7.14. The molecule has 0 spiro atoms. The molecule has 1 aliphatic heterocycles. The summed E-state index contributed by atoms with van der Waals surface area (Å²) in [5.74, 6) is 0.290. The fraction of sp³-hybridized carbons (Fsp3) is 0.250. The van der Waals surface area contributed by atoms with Gasteiger partial charge >= 0.3 is 0 Å². The Hall–Kier alpha value is -3.19. The molecule has 0 bridgehead atoms. The van der Waals surface area contributed by atoms with Crippen molar-refractivity contribution in [2.24, 2.45) is 5.92 Å². The number of rotatable bonds is 5. The van der Waals surface area contributed by atoms with Gasteiger partial charge in [0.15, 0.2) is 0 Å². The summed E-state index contributed by atoms with van der Waals surface area (Å²) in [6, 6.07) is 16.0. The van der Waals surface area contributed by atoms with E-state index in [1.807, 2.05) is 23.1 Å². The Balaban J connectivity index is 1.39. The molecule has 6 nitrogen and oxygen atoms in total. The number of aromatic nitrogens is 1. The van der Waals surface area contributed by atoms with Gasteiger partial charge in [-0.3, -0.25) is 14.5 Å². The number of hydrogen-bond acceptors (Lipinski definition) is 4. The summed E-state index contributed by atoms with van der Waals surface area (Å²) < 4.78 is 28.6. The van der Waals surface area contributed by atoms with Gasteiger partial charge in [-0.1, -0.05) is 18.2 Å². The Morgan fingerprint density at radius 2 is 1.68 bits per heavy atom. The largest absolute Gasteiger partial charge is 0.312 e. The molecule has 0 radical (unpaired) electrons. The first-order valence-corrected chi connectivity index (χ1v) is 12.0. The fourth-order valence-corrected chi connectivity index (χ4v) is 5.05. The zero-order valence-corrected chi connectivity index (χ0v) is 17.8. The smallest absolute Gasteiger partial charge is 0.261 e. The van der Waals surface area contributed by atoms with E-state index in [2.05, 4.69) is 9.71 Å². The van der Waals surface area contributed by atoms with Crippen LogP contribution in [0.3, 0.4) is 0 Å². The van der Waals surface area contributed by atoms with Crippen LogP contribution in [0.2, 0.25) is 0 Å². The molecule has 0 unspecified atom stereocenters. The van der Waals surface area contributed by atoms with Crippen molar-refractivity contribution in [2.45, 2.75) is 30.6 Å². The fourth-order valence-electron chi connectivity index (χ4n) is 4.00. The highest BCUT2D eigenvalue weighted by Gasteiger charge is 2.35. The summed E-state index contributed by atoms with van der Waals surface area (Å²) in [7, 11) is -3.75. The molecule has 3 aromatic rings. The monoisotopic (exact) mass is 433 g/mol. The van der Waals surface area contributed by atoms with Crippen molar-refractivity contribution in [3.05, 3.63) is 72.6 Å². The highest BCUT2D eigenvalue weighted by Crippen LogP contribution is 2.37. The van der Waals surface area contributed by atoms with Gasteiger partial charge < -0.3 is 4.90 Å². The summed E-state index contributed by atoms with van der Waals surface area (Å²) in [4.78, 5) is 18.7. The van der Waals surface area contributed by atoms with Crippen LogP contribution < -0.4 is 9.62 Å². The second-order valence-electron chi connectivity index (χ2n) is 8.08. The second kappa shape index (κ2) is 7.81. The molecule has 1 fully saturated rings. The lowest BCUT2D eigenvalue weighted by molar-refractivity contribution is -0.119. The van der Waals surface area contributed by atoms with Crippen LogP contribution in [-0.4, -0.2) is 25.9 Å². The van der Waals surface area contributed by atoms with Gasteiger partial charge in [-0.25, -0.2) is 8.42 Å². The quantitative estimate of drug-likeness (QED) is 0.653. The van der Waals surface area contributed by atoms with E-state index in [1.165, 1.54) is 0 Å². The van der Waals surface area contributed by atoms with Crippen LogP contribution in [0.4, 0.5) is 11.4 Å². The van der Waals surface area contributed by atoms with E-state index in [0.29, 0.717) is 12.2 Å². The van der Waals surface area contributed by atoms with Gasteiger partial charge in [0, 0.05) is 30.5 Å². The lowest BCUT2D eigenvalue weighted by atomic mass is 10.0. The molecule has 158 valence electrons. The molecule has 1 amide bonds. The SMILES string of the molecule is O=C(C1CC1)N1CCCc2ccc(NS(=O)(=O)c3ccc(-c4ccncc4)cc3)cc21. The van der Waals surface area contributed by atoms with E-state index < -0.39 is 10.0 Å². The summed E-state index contributed by atoms with van der Waals surface area (Å²) >= 11 is 0. The Kier molecular flexibility index (Phi) is 4.98. The molecule has 1 aromatic heterocycles. The van der Waals surface area contributed by atoms with Crippen LogP contribution in [0.5, 0.6) is 0 Å². The molecule has 2 aliphatic rings. The third kappa shape index (κ3) is 4.05. The van der Waals surface area contributed by atoms with Crippen molar-refractivity contribution in [3.63, 3.8) is 0 Å². The summed E-state index contributed by atoms with van der Waals surface area (Å²) in [5, 5.41) is 0. The lowest BCUT2D eigenvalue weighted by Gasteiger charge is -2.30. The van der Waals surface area contributed by atoms with Gasteiger partial charge in [0.1, 0.15) is 0 Å². The molecule has 5 rings (SSSR count). The number of nitrogens with zero attached hydrogens (tertiary/aromatic N) is 2. The number of amides is 1. The molecular weight excluding hydrogens is 410 g/mol. The Morgan fingerprint density at radius 1 is 0.968 bits per heavy atom. The number of carbonyl (C=O) groups is 1. The van der Waals surface area contributed by atoms with Gasteiger partial charge in [-0.05, 0) is 78.8 Å². The van der Waals surface area contributed by atoms with Crippen molar-refractivity contribution >= 4 is 27.3 Å². The molecule has 2 heterocycles. The predicted octanol–water partition coefficient (Wildman–Crippen LogP) is 4.24. The number of anilines is 2. The van der Waals surface area contributed by atoms with Gasteiger partial charge in [0.25, 0.3) is 10.0 Å². The molecule has 7 heteroatoms. The highest BCUT2D eigenvalue weighted by atomic mass is 32.2. The number of pyridine rings is 1. The number of nitrogens with one attached hydrogen (secondary N) is 1. The second-order valence-corrected chi connectivity index (χ2v) is 9.76. The number of fused-ring (bicyclic) bond motifs is 1. The van der Waals surface area contributed by atoms with Gasteiger partial charge in [0.2, 0.25) is 5.91 Å². The molecular formula is C24H23N3O3S. The first-order chi connectivity index (χ1) is 15.0. The molecule has 0 atom stereocenters. The van der Waals surface area contributed by atoms with E-state index in [1.54, 1.807) is 48.8 Å². The van der Waals surface area contributed by atoms with Gasteiger partial charge in [-0.15, -0.1) is 0 Å². The van der Waals surface area contributed by atoms with Crippen LogP contribution in [0, 0.1) is 5.92 Å². The predicted molar refractivity (Wildman–Crippen MR) is 120 cm³/mol. The highest BCUT2D eigenvalue weighted by molar-refractivity contribution is 7.92. The number of aryl methyl sites for hydroxylation is 1. The van der Waals surface area contributed by atoms with E-state index >= 15 is 0 Å². The van der Waals surface area contributed by atoms with Crippen LogP contribution in [0.1, 0.15) is 24.8 Å². The molecule has 1 N–H and O–H groups in total. The first kappa shape index (κ1) is 19.8. The van der Waals surface area contributed by atoms with E-state index in [-0.39, 0.29) is 16.7 Å². The minimum Gasteiger partial charge on any atom is -0.312 e. The number of hydrogen-bond donors (Lipinski definition) is 1. The van der Waals surface area contributed by atoms with Crippen molar-refractivity contribution < 1.29 is 13.2 Å². The van der Waals surface area contributed by atoms with E-state index in [4.69, 9.17) is 0 Å². The Morgan fingerprint density at radius 3 is 2.39 bits per heavy atom.